The number of hydrogen-bond donors (Lipinski definition) is 3. The lowest BCUT2D eigenvalue weighted by molar-refractivity contribution is -0.120. The fourth-order valence-electron chi connectivity index (χ4n) is 3.06. The number of benzene rings is 1. The van der Waals surface area contributed by atoms with Gasteiger partial charge in [0.15, 0.2) is 0 Å². The Labute approximate surface area is 137 Å². The lowest BCUT2D eigenvalue weighted by Gasteiger charge is -2.16. The van der Waals surface area contributed by atoms with Crippen molar-refractivity contribution in [1.29, 1.82) is 0 Å². The topological polar surface area (TPSA) is 87.5 Å². The zero-order chi connectivity index (χ0) is 16.7. The Balaban J connectivity index is 1.87. The highest BCUT2D eigenvalue weighted by molar-refractivity contribution is 5.95. The summed E-state index contributed by atoms with van der Waals surface area (Å²) < 4.78 is 0. The molecule has 0 spiro atoms. The van der Waals surface area contributed by atoms with Crippen LogP contribution in [0.1, 0.15) is 24.8 Å². The minimum atomic E-state index is -0.425. The van der Waals surface area contributed by atoms with Crippen molar-refractivity contribution in [1.82, 2.24) is 15.5 Å². The van der Waals surface area contributed by atoms with Crippen LogP contribution < -0.4 is 16.4 Å². The zero-order valence-electron chi connectivity index (χ0n) is 13.6. The van der Waals surface area contributed by atoms with Crippen molar-refractivity contribution in [3.05, 3.63) is 35.9 Å². The van der Waals surface area contributed by atoms with Crippen molar-refractivity contribution in [2.75, 3.05) is 32.7 Å². The third-order valence-corrected chi connectivity index (χ3v) is 4.20. The van der Waals surface area contributed by atoms with E-state index in [2.05, 4.69) is 27.7 Å². The maximum atomic E-state index is 12.0. The molecule has 1 heterocycles. The minimum Gasteiger partial charge on any atom is -0.338 e. The predicted molar refractivity (Wildman–Crippen MR) is 90.0 cm³/mol. The normalized spacial score (nSPS) is 21.1. The van der Waals surface area contributed by atoms with E-state index in [9.17, 15) is 9.59 Å². The molecule has 1 saturated heterocycles. The molecule has 1 aromatic rings. The van der Waals surface area contributed by atoms with Crippen molar-refractivity contribution >= 4 is 11.9 Å². The van der Waals surface area contributed by atoms with Crippen molar-refractivity contribution in [2.45, 2.75) is 19.3 Å². The molecule has 1 aromatic carbocycles. The maximum absolute atomic E-state index is 12.0. The average Bonchev–Trinajstić information content (AvgIpc) is 2.96. The third kappa shape index (κ3) is 5.04. The zero-order valence-corrected chi connectivity index (χ0v) is 13.6. The highest BCUT2D eigenvalue weighted by Gasteiger charge is 2.33. The van der Waals surface area contributed by atoms with Gasteiger partial charge in [0.05, 0.1) is 6.54 Å². The number of urea groups is 1. The Morgan fingerprint density at radius 2 is 2.00 bits per heavy atom. The molecule has 0 radical (unpaired) electrons. The molecule has 1 fully saturated rings. The Morgan fingerprint density at radius 1 is 1.26 bits per heavy atom. The fourth-order valence-corrected chi connectivity index (χ4v) is 3.06. The number of carbonyl (C=O) groups is 2. The molecule has 23 heavy (non-hydrogen) atoms. The highest BCUT2D eigenvalue weighted by atomic mass is 16.2. The highest BCUT2D eigenvalue weighted by Crippen LogP contribution is 2.31. The SMILES string of the molecule is CCCNC(=O)NC(=O)CN1C[C@@H](CN)[C@H](c2ccccc2)C1. The van der Waals surface area contributed by atoms with Crippen molar-refractivity contribution in [2.24, 2.45) is 11.7 Å². The van der Waals surface area contributed by atoms with Crippen LogP contribution in [0.2, 0.25) is 0 Å². The van der Waals surface area contributed by atoms with Crippen LogP contribution in [0.25, 0.3) is 0 Å². The van der Waals surface area contributed by atoms with E-state index in [0.717, 1.165) is 19.5 Å². The number of nitrogens with one attached hydrogen (secondary N) is 2. The van der Waals surface area contributed by atoms with Gasteiger partial charge in [-0.1, -0.05) is 37.3 Å². The molecule has 1 aliphatic rings. The summed E-state index contributed by atoms with van der Waals surface area (Å²) in [6, 6.07) is 9.83. The number of carbonyl (C=O) groups excluding carboxylic acids is 2. The van der Waals surface area contributed by atoms with Crippen molar-refractivity contribution < 1.29 is 9.59 Å². The number of imide groups is 1. The van der Waals surface area contributed by atoms with Crippen LogP contribution in [-0.2, 0) is 4.79 Å². The standard InChI is InChI=1S/C17H26N4O2/c1-2-8-19-17(23)20-16(22)12-21-10-14(9-18)15(11-21)13-6-4-3-5-7-13/h3-7,14-15H,2,8-12,18H2,1H3,(H2,19,20,22,23)/t14-,15+/m1/s1. The molecule has 3 amide bonds. The van der Waals surface area contributed by atoms with E-state index < -0.39 is 6.03 Å². The first kappa shape index (κ1) is 17.4. The lowest BCUT2D eigenvalue weighted by Crippen LogP contribution is -2.44. The van der Waals surface area contributed by atoms with Gasteiger partial charge in [-0.2, -0.15) is 0 Å². The fraction of sp³-hybridized carbons (Fsp3) is 0.529. The van der Waals surface area contributed by atoms with E-state index in [4.69, 9.17) is 5.73 Å². The van der Waals surface area contributed by atoms with E-state index in [1.165, 1.54) is 5.56 Å². The van der Waals surface area contributed by atoms with E-state index >= 15 is 0 Å². The van der Waals surface area contributed by atoms with Crippen molar-refractivity contribution in [3.8, 4) is 0 Å². The number of rotatable bonds is 6. The van der Waals surface area contributed by atoms with Crippen LogP contribution in [0, 0.1) is 5.92 Å². The largest absolute Gasteiger partial charge is 0.338 e. The molecule has 0 bridgehead atoms. The van der Waals surface area contributed by atoms with Gasteiger partial charge in [0.2, 0.25) is 5.91 Å². The number of nitrogens with zero attached hydrogens (tertiary/aromatic N) is 1. The van der Waals surface area contributed by atoms with Gasteiger partial charge < -0.3 is 11.1 Å². The van der Waals surface area contributed by atoms with Gasteiger partial charge in [-0.15, -0.1) is 0 Å². The Bertz CT molecular complexity index is 521. The maximum Gasteiger partial charge on any atom is 0.321 e. The lowest BCUT2D eigenvalue weighted by atomic mass is 9.89. The minimum absolute atomic E-state index is 0.222. The summed E-state index contributed by atoms with van der Waals surface area (Å²) >= 11 is 0. The Kier molecular flexibility index (Phi) is 6.55. The molecule has 2 atom stereocenters. The second-order valence-corrected chi connectivity index (χ2v) is 6.01. The number of amides is 3. The molecule has 2 rings (SSSR count). The van der Waals surface area contributed by atoms with Crippen LogP contribution in [0.4, 0.5) is 4.79 Å². The molecule has 4 N–H and O–H groups in total. The molecular formula is C17H26N4O2. The monoisotopic (exact) mass is 318 g/mol. The number of hydrogen-bond acceptors (Lipinski definition) is 4. The smallest absolute Gasteiger partial charge is 0.321 e. The van der Waals surface area contributed by atoms with E-state index in [0.29, 0.717) is 24.9 Å². The summed E-state index contributed by atoms with van der Waals surface area (Å²) in [6.07, 6.45) is 0.838. The van der Waals surface area contributed by atoms with E-state index in [-0.39, 0.29) is 12.5 Å². The summed E-state index contributed by atoms with van der Waals surface area (Å²) in [5.74, 6) is 0.394. The second-order valence-electron chi connectivity index (χ2n) is 6.01. The molecule has 6 nitrogen and oxygen atoms in total. The van der Waals surface area contributed by atoms with Gasteiger partial charge in [-0.25, -0.2) is 4.79 Å². The summed E-state index contributed by atoms with van der Waals surface area (Å²) in [7, 11) is 0. The van der Waals surface area contributed by atoms with E-state index in [1.807, 2.05) is 25.1 Å². The second kappa shape index (κ2) is 8.64. The van der Waals surface area contributed by atoms with Crippen LogP contribution in [0.5, 0.6) is 0 Å². The van der Waals surface area contributed by atoms with Crippen LogP contribution in [-0.4, -0.2) is 49.6 Å². The summed E-state index contributed by atoms with van der Waals surface area (Å²) in [4.78, 5) is 25.5. The molecule has 0 aliphatic carbocycles. The molecule has 0 saturated carbocycles. The number of nitrogens with two attached hydrogens (primary N) is 1. The van der Waals surface area contributed by atoms with Crippen LogP contribution >= 0.6 is 0 Å². The molecule has 126 valence electrons. The first-order valence-electron chi connectivity index (χ1n) is 8.19. The molecule has 0 aromatic heterocycles. The Morgan fingerprint density at radius 3 is 2.65 bits per heavy atom. The molecule has 0 unspecified atom stereocenters. The van der Waals surface area contributed by atoms with Crippen LogP contribution in [0.15, 0.2) is 30.3 Å². The first-order chi connectivity index (χ1) is 11.1. The molecular weight excluding hydrogens is 292 g/mol. The predicted octanol–water partition coefficient (Wildman–Crippen LogP) is 0.897. The van der Waals surface area contributed by atoms with Gasteiger partial charge in [-0.05, 0) is 24.4 Å². The van der Waals surface area contributed by atoms with E-state index in [1.54, 1.807) is 0 Å². The van der Waals surface area contributed by atoms with Gasteiger partial charge in [0.25, 0.3) is 0 Å². The van der Waals surface area contributed by atoms with Crippen LogP contribution in [0.3, 0.4) is 0 Å². The first-order valence-corrected chi connectivity index (χ1v) is 8.19. The van der Waals surface area contributed by atoms with Gasteiger partial charge >= 0.3 is 6.03 Å². The summed E-state index contributed by atoms with van der Waals surface area (Å²) in [5.41, 5.74) is 7.15. The van der Waals surface area contributed by atoms with Gasteiger partial charge in [-0.3, -0.25) is 15.0 Å². The average molecular weight is 318 g/mol. The Hall–Kier alpha value is -1.92. The molecule has 6 heteroatoms. The van der Waals surface area contributed by atoms with Gasteiger partial charge in [0, 0.05) is 25.6 Å². The summed E-state index contributed by atoms with van der Waals surface area (Å²) in [6.45, 7) is 4.90. The quantitative estimate of drug-likeness (QED) is 0.727. The number of likely N-dealkylation sites (tertiary alicyclic amines) is 1. The van der Waals surface area contributed by atoms with Crippen molar-refractivity contribution in [3.63, 3.8) is 0 Å². The van der Waals surface area contributed by atoms with Gasteiger partial charge in [0.1, 0.15) is 0 Å². The molecule has 1 aliphatic heterocycles. The summed E-state index contributed by atoms with van der Waals surface area (Å²) in [5, 5.41) is 5.00. The third-order valence-electron chi connectivity index (χ3n) is 4.20.